The van der Waals surface area contributed by atoms with Gasteiger partial charge in [-0.2, -0.15) is 0 Å². The van der Waals surface area contributed by atoms with Gasteiger partial charge in [-0.3, -0.25) is 9.59 Å². The Bertz CT molecular complexity index is 1270. The molecular weight excluding hydrogens is 462 g/mol. The zero-order chi connectivity index (χ0) is 24.6. The Labute approximate surface area is 207 Å². The van der Waals surface area contributed by atoms with E-state index in [1.54, 1.807) is 30.6 Å². The van der Waals surface area contributed by atoms with E-state index in [9.17, 15) is 9.59 Å². The maximum Gasteiger partial charge on any atom is 0.322 e. The predicted octanol–water partition coefficient (Wildman–Crippen LogP) is 4.84. The highest BCUT2D eigenvalue weighted by atomic mass is 32.1. The molecule has 8 heteroatoms. The van der Waals surface area contributed by atoms with E-state index >= 15 is 0 Å². The van der Waals surface area contributed by atoms with Crippen LogP contribution in [0.25, 0.3) is 11.3 Å². The van der Waals surface area contributed by atoms with Crippen LogP contribution in [-0.4, -0.2) is 35.6 Å². The fraction of sp³-hybridized carbons (Fsp3) is 0.148. The number of aliphatic carboxylic acids is 1. The number of methoxy groups -OCH3 is 1. The normalized spacial score (nSPS) is 10.5. The largest absolute Gasteiger partial charge is 0.497 e. The molecule has 0 saturated heterocycles. The first-order chi connectivity index (χ1) is 17.0. The van der Waals surface area contributed by atoms with Gasteiger partial charge in [0, 0.05) is 29.6 Å². The van der Waals surface area contributed by atoms with Crippen molar-refractivity contribution >= 4 is 28.3 Å². The Morgan fingerprint density at radius 1 is 0.943 bits per heavy atom. The Hall–Kier alpha value is -4.17. The lowest BCUT2D eigenvalue weighted by Crippen LogP contribution is -2.29. The summed E-state index contributed by atoms with van der Waals surface area (Å²) in [6, 6.07) is 25.2. The van der Waals surface area contributed by atoms with Crippen molar-refractivity contribution in [3.8, 4) is 17.0 Å². The number of aromatic nitrogens is 1. The molecule has 7 nitrogen and oxygen atoms in total. The number of hydrogen-bond acceptors (Lipinski definition) is 6. The van der Waals surface area contributed by atoms with Crippen molar-refractivity contribution in [1.82, 2.24) is 10.3 Å². The highest BCUT2D eigenvalue weighted by molar-refractivity contribution is 7.14. The van der Waals surface area contributed by atoms with Gasteiger partial charge in [-0.15, -0.1) is 11.3 Å². The third-order valence-corrected chi connectivity index (χ3v) is 6.26. The van der Waals surface area contributed by atoms with Crippen LogP contribution in [0.1, 0.15) is 21.5 Å². The summed E-state index contributed by atoms with van der Waals surface area (Å²) in [6.45, 7) is 0.866. The molecule has 35 heavy (non-hydrogen) atoms. The molecule has 0 unspecified atom stereocenters. The molecule has 0 aliphatic heterocycles. The summed E-state index contributed by atoms with van der Waals surface area (Å²) in [7, 11) is 1.65. The zero-order valence-electron chi connectivity index (χ0n) is 19.2. The molecule has 3 aromatic carbocycles. The van der Waals surface area contributed by atoms with Crippen molar-refractivity contribution in [2.45, 2.75) is 13.1 Å². The van der Waals surface area contributed by atoms with Gasteiger partial charge in [0.05, 0.1) is 12.8 Å². The Morgan fingerprint density at radius 3 is 2.23 bits per heavy atom. The number of carboxylic acids is 1. The van der Waals surface area contributed by atoms with Crippen molar-refractivity contribution in [3.05, 3.63) is 101 Å². The van der Waals surface area contributed by atoms with Crippen LogP contribution < -0.4 is 15.0 Å². The summed E-state index contributed by atoms with van der Waals surface area (Å²) in [5.41, 5.74) is 4.51. The minimum Gasteiger partial charge on any atom is -0.497 e. The standard InChI is InChI=1S/C27H25N3O4S/c1-34-23-13-11-21(12-14-23)24-18-35-27(29-24)30(16-19-5-3-2-4-6-19)17-20-7-9-22(10-8-20)26(33)28-15-25(31)32/h2-14,18H,15-17H2,1H3,(H,28,33)(H,31,32). The number of thiazole rings is 1. The highest BCUT2D eigenvalue weighted by Crippen LogP contribution is 2.30. The van der Waals surface area contributed by atoms with Crippen LogP contribution in [-0.2, 0) is 17.9 Å². The fourth-order valence-electron chi connectivity index (χ4n) is 3.54. The lowest BCUT2D eigenvalue weighted by atomic mass is 10.1. The van der Waals surface area contributed by atoms with Gasteiger partial charge in [0.2, 0.25) is 0 Å². The number of nitrogens with zero attached hydrogens (tertiary/aromatic N) is 2. The van der Waals surface area contributed by atoms with E-state index in [4.69, 9.17) is 14.8 Å². The van der Waals surface area contributed by atoms with E-state index < -0.39 is 18.4 Å². The molecule has 4 aromatic rings. The van der Waals surface area contributed by atoms with Crippen LogP contribution in [0.4, 0.5) is 5.13 Å². The minimum atomic E-state index is -1.08. The minimum absolute atomic E-state index is 0.411. The van der Waals surface area contributed by atoms with Gasteiger partial charge in [-0.05, 0) is 47.5 Å². The topological polar surface area (TPSA) is 91.8 Å². The van der Waals surface area contributed by atoms with Crippen molar-refractivity contribution in [2.24, 2.45) is 0 Å². The summed E-state index contributed by atoms with van der Waals surface area (Å²) in [5.74, 6) is -0.692. The number of nitrogens with one attached hydrogen (secondary N) is 1. The quantitative estimate of drug-likeness (QED) is 0.333. The average Bonchev–Trinajstić information content (AvgIpc) is 3.38. The number of carbonyl (C=O) groups excluding carboxylic acids is 1. The second kappa shape index (κ2) is 11.3. The number of benzene rings is 3. The van der Waals surface area contributed by atoms with Gasteiger partial charge in [0.15, 0.2) is 5.13 Å². The second-order valence-electron chi connectivity index (χ2n) is 7.86. The number of carboxylic acid groups (broad SMARTS) is 1. The van der Waals surface area contributed by atoms with Gasteiger partial charge >= 0.3 is 5.97 Å². The zero-order valence-corrected chi connectivity index (χ0v) is 20.0. The number of hydrogen-bond donors (Lipinski definition) is 2. The predicted molar refractivity (Wildman–Crippen MR) is 137 cm³/mol. The Morgan fingerprint density at radius 2 is 1.60 bits per heavy atom. The molecule has 178 valence electrons. The van der Waals surface area contributed by atoms with E-state index in [0.29, 0.717) is 18.7 Å². The average molecular weight is 488 g/mol. The number of amides is 1. The maximum absolute atomic E-state index is 12.1. The van der Waals surface area contributed by atoms with Crippen molar-refractivity contribution in [3.63, 3.8) is 0 Å². The molecule has 0 aliphatic carbocycles. The highest BCUT2D eigenvalue weighted by Gasteiger charge is 2.15. The Balaban J connectivity index is 1.54. The SMILES string of the molecule is COc1ccc(-c2csc(N(Cc3ccccc3)Cc3ccc(C(=O)NCC(=O)O)cc3)n2)cc1. The molecule has 0 atom stereocenters. The van der Waals surface area contributed by atoms with Gasteiger partial charge in [-0.1, -0.05) is 42.5 Å². The van der Waals surface area contributed by atoms with E-state index in [1.807, 2.05) is 60.0 Å². The van der Waals surface area contributed by atoms with Gasteiger partial charge < -0.3 is 20.1 Å². The van der Waals surface area contributed by atoms with Crippen molar-refractivity contribution < 1.29 is 19.4 Å². The molecule has 0 aliphatic rings. The van der Waals surface area contributed by atoms with Crippen molar-refractivity contribution in [1.29, 1.82) is 0 Å². The van der Waals surface area contributed by atoms with Crippen LogP contribution in [0.2, 0.25) is 0 Å². The molecule has 0 bridgehead atoms. The lowest BCUT2D eigenvalue weighted by molar-refractivity contribution is -0.135. The molecule has 0 fully saturated rings. The monoisotopic (exact) mass is 487 g/mol. The summed E-state index contributed by atoms with van der Waals surface area (Å²) in [5, 5.41) is 14.1. The third kappa shape index (κ3) is 6.45. The van der Waals surface area contributed by atoms with Crippen LogP contribution in [0.3, 0.4) is 0 Å². The molecule has 0 radical (unpaired) electrons. The van der Waals surface area contributed by atoms with Crippen molar-refractivity contribution in [2.75, 3.05) is 18.6 Å². The third-order valence-electron chi connectivity index (χ3n) is 5.35. The fourth-order valence-corrected chi connectivity index (χ4v) is 4.37. The second-order valence-corrected chi connectivity index (χ2v) is 8.70. The van der Waals surface area contributed by atoms with Gasteiger partial charge in [-0.25, -0.2) is 4.98 Å². The molecule has 4 rings (SSSR count). The number of rotatable bonds is 10. The molecule has 1 amide bonds. The molecule has 1 heterocycles. The van der Waals surface area contributed by atoms with Gasteiger partial charge in [0.25, 0.3) is 5.91 Å². The first kappa shape index (κ1) is 24.0. The van der Waals surface area contributed by atoms with Crippen LogP contribution in [0.15, 0.2) is 84.2 Å². The molecule has 0 saturated carbocycles. The molecule has 1 aromatic heterocycles. The summed E-state index contributed by atoms with van der Waals surface area (Å²) in [4.78, 5) is 29.9. The summed E-state index contributed by atoms with van der Waals surface area (Å²) >= 11 is 1.58. The lowest BCUT2D eigenvalue weighted by Gasteiger charge is -2.22. The maximum atomic E-state index is 12.1. The summed E-state index contributed by atoms with van der Waals surface area (Å²) < 4.78 is 5.25. The Kier molecular flexibility index (Phi) is 7.74. The van der Waals surface area contributed by atoms with E-state index in [2.05, 4.69) is 22.3 Å². The number of anilines is 1. The smallest absolute Gasteiger partial charge is 0.322 e. The molecular formula is C27H25N3O4S. The van der Waals surface area contributed by atoms with E-state index in [1.165, 1.54) is 5.56 Å². The van der Waals surface area contributed by atoms with Crippen LogP contribution in [0, 0.1) is 0 Å². The van der Waals surface area contributed by atoms with Crippen LogP contribution >= 0.6 is 11.3 Å². The van der Waals surface area contributed by atoms with E-state index in [-0.39, 0.29) is 0 Å². The number of ether oxygens (including phenoxy) is 1. The van der Waals surface area contributed by atoms with E-state index in [0.717, 1.165) is 27.7 Å². The summed E-state index contributed by atoms with van der Waals surface area (Å²) in [6.07, 6.45) is 0. The molecule has 0 spiro atoms. The van der Waals surface area contributed by atoms with Gasteiger partial charge in [0.1, 0.15) is 12.3 Å². The van der Waals surface area contributed by atoms with Crippen LogP contribution in [0.5, 0.6) is 5.75 Å². The number of carbonyl (C=O) groups is 2. The first-order valence-electron chi connectivity index (χ1n) is 11.0. The molecule has 2 N–H and O–H groups in total. The first-order valence-corrected chi connectivity index (χ1v) is 11.9.